The minimum atomic E-state index is 0.797. The third kappa shape index (κ3) is 2.14. The van der Waals surface area contributed by atoms with Gasteiger partial charge in [-0.1, -0.05) is 0 Å². The maximum absolute atomic E-state index is 5.38. The summed E-state index contributed by atoms with van der Waals surface area (Å²) in [6.07, 6.45) is 1.76. The second kappa shape index (κ2) is 4.57. The lowest BCUT2D eigenvalue weighted by Crippen LogP contribution is -2.61. The Morgan fingerprint density at radius 3 is 2.62 bits per heavy atom. The second-order valence-electron chi connectivity index (χ2n) is 4.70. The van der Waals surface area contributed by atoms with Crippen molar-refractivity contribution in [3.05, 3.63) is 24.2 Å². The van der Waals surface area contributed by atoms with Crippen LogP contribution in [0.25, 0.3) is 0 Å². The molecule has 0 aromatic carbocycles. The number of nitrogens with zero attached hydrogens (tertiary/aromatic N) is 2. The van der Waals surface area contributed by atoms with Gasteiger partial charge in [0, 0.05) is 45.3 Å². The molecule has 2 aliphatic heterocycles. The van der Waals surface area contributed by atoms with Gasteiger partial charge in [-0.3, -0.25) is 9.80 Å². The van der Waals surface area contributed by atoms with Crippen molar-refractivity contribution < 1.29 is 4.42 Å². The zero-order chi connectivity index (χ0) is 10.8. The van der Waals surface area contributed by atoms with Gasteiger partial charge in [-0.05, 0) is 12.1 Å². The zero-order valence-corrected chi connectivity index (χ0v) is 9.56. The van der Waals surface area contributed by atoms with E-state index in [0.717, 1.165) is 31.4 Å². The Bertz CT molecular complexity index is 313. The molecule has 2 fully saturated rings. The molecule has 2 aliphatic rings. The van der Waals surface area contributed by atoms with Crippen LogP contribution in [0.1, 0.15) is 5.76 Å². The Morgan fingerprint density at radius 2 is 2.06 bits per heavy atom. The quantitative estimate of drug-likeness (QED) is 0.799. The maximum Gasteiger partial charge on any atom is 0.117 e. The first-order valence-electron chi connectivity index (χ1n) is 6.11. The highest BCUT2D eigenvalue weighted by molar-refractivity contribution is 4.98. The van der Waals surface area contributed by atoms with Crippen molar-refractivity contribution in [2.24, 2.45) is 0 Å². The average Bonchev–Trinajstić information content (AvgIpc) is 2.71. The van der Waals surface area contributed by atoms with Crippen molar-refractivity contribution in [2.45, 2.75) is 12.6 Å². The van der Waals surface area contributed by atoms with Crippen molar-refractivity contribution >= 4 is 0 Å². The number of rotatable bonds is 3. The lowest BCUT2D eigenvalue weighted by molar-refractivity contribution is 0.0665. The molecule has 0 radical (unpaired) electrons. The molecule has 1 aromatic heterocycles. The zero-order valence-electron chi connectivity index (χ0n) is 9.56. The smallest absolute Gasteiger partial charge is 0.117 e. The van der Waals surface area contributed by atoms with Crippen LogP contribution in [-0.2, 0) is 6.54 Å². The average molecular weight is 221 g/mol. The molecule has 3 heterocycles. The summed E-state index contributed by atoms with van der Waals surface area (Å²) in [6.45, 7) is 8.05. The fraction of sp³-hybridized carbons (Fsp3) is 0.667. The third-order valence-electron chi connectivity index (χ3n) is 3.64. The lowest BCUT2D eigenvalue weighted by Gasteiger charge is -2.43. The summed E-state index contributed by atoms with van der Waals surface area (Å²) in [5, 5.41) is 3.34. The van der Waals surface area contributed by atoms with Gasteiger partial charge in [0.25, 0.3) is 0 Å². The topological polar surface area (TPSA) is 31.7 Å². The van der Waals surface area contributed by atoms with Gasteiger partial charge >= 0.3 is 0 Å². The van der Waals surface area contributed by atoms with Crippen molar-refractivity contribution in [3.63, 3.8) is 0 Å². The molecule has 0 spiro atoms. The summed E-state index contributed by atoms with van der Waals surface area (Å²) in [4.78, 5) is 5.08. The van der Waals surface area contributed by atoms with E-state index in [-0.39, 0.29) is 0 Å². The van der Waals surface area contributed by atoms with Crippen LogP contribution < -0.4 is 5.32 Å². The van der Waals surface area contributed by atoms with Crippen LogP contribution in [0.3, 0.4) is 0 Å². The van der Waals surface area contributed by atoms with Crippen LogP contribution >= 0.6 is 0 Å². The van der Waals surface area contributed by atoms with E-state index in [1.54, 1.807) is 6.26 Å². The van der Waals surface area contributed by atoms with E-state index in [4.69, 9.17) is 4.42 Å². The molecule has 4 nitrogen and oxygen atoms in total. The molecule has 1 N–H and O–H groups in total. The van der Waals surface area contributed by atoms with Gasteiger partial charge in [0.2, 0.25) is 0 Å². The first-order chi connectivity index (χ1) is 7.92. The van der Waals surface area contributed by atoms with E-state index < -0.39 is 0 Å². The molecule has 3 rings (SSSR count). The molecular formula is C12H19N3O. The van der Waals surface area contributed by atoms with Crippen molar-refractivity contribution in [2.75, 3.05) is 39.3 Å². The van der Waals surface area contributed by atoms with E-state index in [0.29, 0.717) is 0 Å². The summed E-state index contributed by atoms with van der Waals surface area (Å²) >= 11 is 0. The molecule has 0 unspecified atom stereocenters. The summed E-state index contributed by atoms with van der Waals surface area (Å²) in [6, 6.07) is 4.82. The molecule has 88 valence electrons. The van der Waals surface area contributed by atoms with E-state index in [1.165, 1.54) is 26.2 Å². The van der Waals surface area contributed by atoms with Gasteiger partial charge in [0.05, 0.1) is 12.8 Å². The highest BCUT2D eigenvalue weighted by atomic mass is 16.3. The Hall–Kier alpha value is -0.840. The number of furan rings is 1. The highest BCUT2D eigenvalue weighted by Gasteiger charge is 2.27. The highest BCUT2D eigenvalue weighted by Crippen LogP contribution is 2.12. The van der Waals surface area contributed by atoms with Crippen LogP contribution in [-0.4, -0.2) is 55.1 Å². The Morgan fingerprint density at radius 1 is 1.25 bits per heavy atom. The summed E-state index contributed by atoms with van der Waals surface area (Å²) < 4.78 is 5.38. The maximum atomic E-state index is 5.38. The van der Waals surface area contributed by atoms with Gasteiger partial charge in [0.1, 0.15) is 5.76 Å². The first kappa shape index (κ1) is 10.3. The molecule has 1 aromatic rings. The molecule has 0 atom stereocenters. The normalized spacial score (nSPS) is 24.5. The van der Waals surface area contributed by atoms with Crippen LogP contribution in [0, 0.1) is 0 Å². The SMILES string of the molecule is c1coc(CN2CCN(C3CNC3)CC2)c1. The number of hydrogen-bond donors (Lipinski definition) is 1. The summed E-state index contributed by atoms with van der Waals surface area (Å²) in [5.41, 5.74) is 0. The number of piperazine rings is 1. The molecule has 0 aliphatic carbocycles. The first-order valence-corrected chi connectivity index (χ1v) is 6.11. The number of hydrogen-bond acceptors (Lipinski definition) is 4. The summed E-state index contributed by atoms with van der Waals surface area (Å²) in [7, 11) is 0. The molecule has 4 heteroatoms. The lowest BCUT2D eigenvalue weighted by atomic mass is 10.1. The fourth-order valence-electron chi connectivity index (χ4n) is 2.44. The monoisotopic (exact) mass is 221 g/mol. The molecular weight excluding hydrogens is 202 g/mol. The van der Waals surface area contributed by atoms with Gasteiger partial charge in [0.15, 0.2) is 0 Å². The molecule has 0 saturated carbocycles. The predicted octanol–water partition coefficient (Wildman–Crippen LogP) is 0.369. The Kier molecular flexibility index (Phi) is 2.95. The predicted molar refractivity (Wildman–Crippen MR) is 62.2 cm³/mol. The molecule has 0 bridgehead atoms. The largest absolute Gasteiger partial charge is 0.468 e. The van der Waals surface area contributed by atoms with Crippen molar-refractivity contribution in [1.82, 2.24) is 15.1 Å². The second-order valence-corrected chi connectivity index (χ2v) is 4.70. The van der Waals surface area contributed by atoms with Crippen LogP contribution in [0.5, 0.6) is 0 Å². The van der Waals surface area contributed by atoms with Crippen LogP contribution in [0.4, 0.5) is 0 Å². The van der Waals surface area contributed by atoms with E-state index in [2.05, 4.69) is 21.2 Å². The van der Waals surface area contributed by atoms with E-state index >= 15 is 0 Å². The minimum Gasteiger partial charge on any atom is -0.468 e. The van der Waals surface area contributed by atoms with E-state index in [1.807, 2.05) is 6.07 Å². The van der Waals surface area contributed by atoms with Crippen LogP contribution in [0.2, 0.25) is 0 Å². The van der Waals surface area contributed by atoms with Crippen molar-refractivity contribution in [3.8, 4) is 0 Å². The molecule has 2 saturated heterocycles. The Labute approximate surface area is 96.2 Å². The minimum absolute atomic E-state index is 0.797. The number of nitrogens with one attached hydrogen (secondary N) is 1. The van der Waals surface area contributed by atoms with Gasteiger partial charge in [-0.2, -0.15) is 0 Å². The molecule has 0 amide bonds. The fourth-order valence-corrected chi connectivity index (χ4v) is 2.44. The molecule has 16 heavy (non-hydrogen) atoms. The standard InChI is InChI=1S/C12H19N3O/c1-2-12(16-7-1)10-14-3-5-15(6-4-14)11-8-13-9-11/h1-2,7,11,13H,3-6,8-10H2. The Balaban J connectivity index is 1.47. The van der Waals surface area contributed by atoms with Gasteiger partial charge in [-0.25, -0.2) is 0 Å². The van der Waals surface area contributed by atoms with Crippen LogP contribution in [0.15, 0.2) is 22.8 Å². The van der Waals surface area contributed by atoms with Gasteiger partial charge in [-0.15, -0.1) is 0 Å². The van der Waals surface area contributed by atoms with E-state index in [9.17, 15) is 0 Å². The summed E-state index contributed by atoms with van der Waals surface area (Å²) in [5.74, 6) is 1.08. The van der Waals surface area contributed by atoms with Gasteiger partial charge < -0.3 is 9.73 Å². The third-order valence-corrected chi connectivity index (χ3v) is 3.64. The van der Waals surface area contributed by atoms with Crippen molar-refractivity contribution in [1.29, 1.82) is 0 Å².